The third kappa shape index (κ3) is 50.6. The van der Waals surface area contributed by atoms with Gasteiger partial charge in [-0.15, -0.1) is 0 Å². The van der Waals surface area contributed by atoms with Gasteiger partial charge in [-0.2, -0.15) is 0 Å². The Balaban J connectivity index is 1.91. The maximum atomic E-state index is 13.0. The molecule has 0 aromatic heterocycles. The van der Waals surface area contributed by atoms with Crippen LogP contribution in [0.2, 0.25) is 0 Å². The number of hydrogen-bond donors (Lipinski definition) is 6. The number of aliphatic hydroxyl groups is 5. The van der Waals surface area contributed by atoms with Crippen LogP contribution in [0.1, 0.15) is 348 Å². The zero-order chi connectivity index (χ0) is 60.2. The van der Waals surface area contributed by atoms with Gasteiger partial charge >= 0.3 is 5.97 Å². The zero-order valence-corrected chi connectivity index (χ0v) is 54.2. The van der Waals surface area contributed by atoms with Gasteiger partial charge in [0, 0.05) is 12.8 Å². The summed E-state index contributed by atoms with van der Waals surface area (Å²) in [5.74, 6) is -0.170. The lowest BCUT2D eigenvalue weighted by atomic mass is 9.99. The Morgan fingerprint density at radius 3 is 1.22 bits per heavy atom. The number of aliphatic hydroxyl groups excluding tert-OH is 5. The Bertz CT molecular complexity index is 1470. The van der Waals surface area contributed by atoms with Crippen molar-refractivity contribution in [2.75, 3.05) is 19.8 Å². The number of amides is 1. The van der Waals surface area contributed by atoms with E-state index < -0.39 is 49.5 Å². The first kappa shape index (κ1) is 78.9. The van der Waals surface area contributed by atoms with E-state index >= 15 is 0 Å². The molecule has 83 heavy (non-hydrogen) atoms. The summed E-state index contributed by atoms with van der Waals surface area (Å²) in [5.41, 5.74) is 0. The van der Waals surface area contributed by atoms with Crippen LogP contribution in [0.4, 0.5) is 0 Å². The van der Waals surface area contributed by atoms with Crippen molar-refractivity contribution in [1.82, 2.24) is 5.32 Å². The highest BCUT2D eigenvalue weighted by Gasteiger charge is 2.44. The van der Waals surface area contributed by atoms with Crippen LogP contribution in [0.5, 0.6) is 0 Å². The fourth-order valence-corrected chi connectivity index (χ4v) is 11.4. The fraction of sp³-hybridized carbons (Fsp3) is 0.889. The van der Waals surface area contributed by atoms with Crippen molar-refractivity contribution >= 4 is 11.9 Å². The minimum Gasteiger partial charge on any atom is -0.466 e. The van der Waals surface area contributed by atoms with Gasteiger partial charge in [0.2, 0.25) is 5.91 Å². The standard InChI is InChI=1S/C72H135NO10/c1-3-5-7-9-11-13-39-44-48-52-56-60-68(77)81-61-57-53-49-45-41-38-36-34-32-30-28-26-24-22-20-18-16-14-15-17-19-21-23-25-27-29-31-33-35-37-40-43-47-51-55-59-67(76)73-64(65(75)58-54-50-46-42-12-10-8-6-4-2)63-82-72-71(80)70(79)69(78)66(62-74)83-72/h16,18,22,24,54,58,64-66,69-72,74-75,78-80H,3-15,17,19-21,23,25-53,55-57,59-63H2,1-2H3,(H,73,76)/b18-16-,24-22-,58-54+. The van der Waals surface area contributed by atoms with E-state index in [1.54, 1.807) is 6.08 Å². The van der Waals surface area contributed by atoms with Gasteiger partial charge < -0.3 is 45.1 Å². The predicted molar refractivity (Wildman–Crippen MR) is 347 cm³/mol. The maximum absolute atomic E-state index is 13.0. The van der Waals surface area contributed by atoms with Crippen LogP contribution < -0.4 is 5.32 Å². The highest BCUT2D eigenvalue weighted by atomic mass is 16.7. The number of carbonyl (C=O) groups excluding carboxylic acids is 2. The normalized spacial score (nSPS) is 18.3. The molecule has 0 bridgehead atoms. The first-order chi connectivity index (χ1) is 40.7. The van der Waals surface area contributed by atoms with Crippen molar-refractivity contribution in [1.29, 1.82) is 0 Å². The maximum Gasteiger partial charge on any atom is 0.305 e. The lowest BCUT2D eigenvalue weighted by molar-refractivity contribution is -0.302. The van der Waals surface area contributed by atoms with Crippen molar-refractivity contribution in [2.24, 2.45) is 0 Å². The summed E-state index contributed by atoms with van der Waals surface area (Å²) >= 11 is 0. The van der Waals surface area contributed by atoms with Gasteiger partial charge in [-0.3, -0.25) is 9.59 Å². The lowest BCUT2D eigenvalue weighted by Crippen LogP contribution is -2.60. The molecule has 1 fully saturated rings. The molecule has 1 amide bonds. The Morgan fingerprint density at radius 2 is 0.807 bits per heavy atom. The average molecular weight is 1170 g/mol. The van der Waals surface area contributed by atoms with E-state index in [0.717, 1.165) is 57.8 Å². The number of nitrogens with one attached hydrogen (secondary N) is 1. The zero-order valence-electron chi connectivity index (χ0n) is 54.2. The number of unbranched alkanes of at least 4 members (excludes halogenated alkanes) is 45. The molecule has 0 spiro atoms. The van der Waals surface area contributed by atoms with Gasteiger partial charge in [0.25, 0.3) is 0 Å². The second-order valence-corrected chi connectivity index (χ2v) is 24.9. The Morgan fingerprint density at radius 1 is 0.446 bits per heavy atom. The molecule has 6 N–H and O–H groups in total. The summed E-state index contributed by atoms with van der Waals surface area (Å²) in [4.78, 5) is 25.0. The molecule has 0 aromatic rings. The van der Waals surface area contributed by atoms with Gasteiger partial charge in [-0.1, -0.05) is 307 Å². The van der Waals surface area contributed by atoms with Crippen molar-refractivity contribution in [3.05, 3.63) is 36.5 Å². The fourth-order valence-electron chi connectivity index (χ4n) is 11.4. The molecule has 1 saturated heterocycles. The highest BCUT2D eigenvalue weighted by Crippen LogP contribution is 2.23. The topological polar surface area (TPSA) is 175 Å². The third-order valence-corrected chi connectivity index (χ3v) is 17.0. The van der Waals surface area contributed by atoms with Gasteiger partial charge in [-0.05, 0) is 64.2 Å². The number of ether oxygens (including phenoxy) is 3. The molecule has 0 aliphatic carbocycles. The summed E-state index contributed by atoms with van der Waals surface area (Å²) in [6, 6.07) is -0.807. The van der Waals surface area contributed by atoms with E-state index in [1.165, 1.54) is 263 Å². The summed E-state index contributed by atoms with van der Waals surface area (Å²) in [6.45, 7) is 4.34. The molecule has 0 saturated carbocycles. The summed E-state index contributed by atoms with van der Waals surface area (Å²) in [6.07, 6.45) is 68.8. The number of esters is 1. The molecule has 7 unspecified atom stereocenters. The molecule has 488 valence electrons. The second-order valence-electron chi connectivity index (χ2n) is 24.9. The number of hydrogen-bond acceptors (Lipinski definition) is 10. The van der Waals surface area contributed by atoms with E-state index in [9.17, 15) is 35.1 Å². The first-order valence-electron chi connectivity index (χ1n) is 35.8. The van der Waals surface area contributed by atoms with Crippen molar-refractivity contribution in [2.45, 2.75) is 391 Å². The number of allylic oxidation sites excluding steroid dienone is 5. The molecule has 11 nitrogen and oxygen atoms in total. The van der Waals surface area contributed by atoms with Crippen LogP contribution in [-0.4, -0.2) is 100 Å². The van der Waals surface area contributed by atoms with Crippen LogP contribution >= 0.6 is 0 Å². The molecule has 1 aliphatic rings. The largest absolute Gasteiger partial charge is 0.466 e. The third-order valence-electron chi connectivity index (χ3n) is 17.0. The van der Waals surface area contributed by atoms with Crippen molar-refractivity contribution in [3.63, 3.8) is 0 Å². The van der Waals surface area contributed by atoms with E-state index in [1.807, 2.05) is 6.08 Å². The molecule has 1 aliphatic heterocycles. The average Bonchev–Trinajstić information content (AvgIpc) is 3.69. The Labute approximate surface area is 511 Å². The quantitative estimate of drug-likeness (QED) is 0.0195. The smallest absolute Gasteiger partial charge is 0.305 e. The summed E-state index contributed by atoms with van der Waals surface area (Å²) < 4.78 is 16.7. The van der Waals surface area contributed by atoms with E-state index in [0.29, 0.717) is 19.4 Å². The van der Waals surface area contributed by atoms with Crippen molar-refractivity contribution < 1.29 is 49.3 Å². The van der Waals surface area contributed by atoms with Gasteiger partial charge in [-0.25, -0.2) is 0 Å². The van der Waals surface area contributed by atoms with E-state index in [-0.39, 0.29) is 18.5 Å². The van der Waals surface area contributed by atoms with Crippen LogP contribution in [-0.2, 0) is 23.8 Å². The molecule has 11 heteroatoms. The Hall–Kier alpha value is -2.12. The Kier molecular flexibility index (Phi) is 58.5. The highest BCUT2D eigenvalue weighted by molar-refractivity contribution is 5.76. The predicted octanol–water partition coefficient (Wildman–Crippen LogP) is 18.2. The molecule has 0 radical (unpaired) electrons. The SMILES string of the molecule is CCCCCCCCC/C=C/C(O)C(COC1OC(CO)C(O)C(O)C1O)NC(=O)CCCCCCCCCCCCCCCCCCC/C=C\C/C=C\CCCCCCCCCCCCCOC(=O)CCCCCCCCCCCCC. The van der Waals surface area contributed by atoms with Gasteiger partial charge in [0.05, 0.1) is 32.0 Å². The number of rotatable bonds is 63. The summed E-state index contributed by atoms with van der Waals surface area (Å²) in [7, 11) is 0. The molecule has 1 rings (SSSR count). The minimum absolute atomic E-state index is 0.00996. The molecule has 1 heterocycles. The first-order valence-corrected chi connectivity index (χ1v) is 35.8. The molecule has 0 aromatic carbocycles. The molecule has 7 atom stereocenters. The van der Waals surface area contributed by atoms with Gasteiger partial charge in [0.15, 0.2) is 6.29 Å². The molecular formula is C72H135NO10. The van der Waals surface area contributed by atoms with Crippen LogP contribution in [0, 0.1) is 0 Å². The van der Waals surface area contributed by atoms with Gasteiger partial charge in [0.1, 0.15) is 24.4 Å². The lowest BCUT2D eigenvalue weighted by Gasteiger charge is -2.40. The second kappa shape index (κ2) is 61.5. The molecular weight excluding hydrogens is 1040 g/mol. The minimum atomic E-state index is -1.57. The van der Waals surface area contributed by atoms with E-state index in [2.05, 4.69) is 43.5 Å². The van der Waals surface area contributed by atoms with Crippen LogP contribution in [0.15, 0.2) is 36.5 Å². The monoisotopic (exact) mass is 1170 g/mol. The van der Waals surface area contributed by atoms with Crippen molar-refractivity contribution in [3.8, 4) is 0 Å². The van der Waals surface area contributed by atoms with Crippen LogP contribution in [0.3, 0.4) is 0 Å². The van der Waals surface area contributed by atoms with E-state index in [4.69, 9.17) is 14.2 Å². The summed E-state index contributed by atoms with van der Waals surface area (Å²) in [5, 5.41) is 54.3. The van der Waals surface area contributed by atoms with Crippen LogP contribution in [0.25, 0.3) is 0 Å². The number of carbonyl (C=O) groups is 2.